The molecule has 0 aliphatic heterocycles. The summed E-state index contributed by atoms with van der Waals surface area (Å²) in [5.41, 5.74) is 2.61. The van der Waals surface area contributed by atoms with E-state index in [4.69, 9.17) is 4.74 Å². The van der Waals surface area contributed by atoms with Crippen LogP contribution in [-0.2, 0) is 24.2 Å². The first-order valence-corrected chi connectivity index (χ1v) is 11.0. The van der Waals surface area contributed by atoms with Crippen LogP contribution in [0.1, 0.15) is 23.7 Å². The minimum Gasteiger partial charge on any atom is -0.494 e. The van der Waals surface area contributed by atoms with Crippen molar-refractivity contribution >= 4 is 16.7 Å². The van der Waals surface area contributed by atoms with Gasteiger partial charge in [0.2, 0.25) is 5.91 Å². The molecule has 168 valence electrons. The Morgan fingerprint density at radius 3 is 2.42 bits per heavy atom. The zero-order valence-corrected chi connectivity index (χ0v) is 18.5. The van der Waals surface area contributed by atoms with Crippen molar-refractivity contribution in [1.29, 1.82) is 0 Å². The largest absolute Gasteiger partial charge is 0.494 e. The molecule has 7 nitrogen and oxygen atoms in total. The Bertz CT molecular complexity index is 1280. The minimum absolute atomic E-state index is 0.129. The summed E-state index contributed by atoms with van der Waals surface area (Å²) in [7, 11) is 0. The van der Waals surface area contributed by atoms with E-state index in [0.717, 1.165) is 28.0 Å². The highest BCUT2D eigenvalue weighted by molar-refractivity contribution is 5.84. The van der Waals surface area contributed by atoms with Crippen molar-refractivity contribution in [2.75, 3.05) is 13.2 Å². The fraction of sp³-hybridized carbons (Fsp3) is 0.231. The summed E-state index contributed by atoms with van der Waals surface area (Å²) in [6, 6.07) is 19.0. The highest BCUT2D eigenvalue weighted by Crippen LogP contribution is 2.17. The molecular formula is C26H26N4O3. The standard InChI is InChI=1S/C26H26N4O3/c1-2-33-21-9-7-19(8-10-21)13-16-28-25(31)18-30-26(32)23-6-4-3-5-22(23)24(29-30)17-20-11-14-27-15-12-20/h3-12,14-15H,2,13,16-18H2,1H3,(H,28,31). The van der Waals surface area contributed by atoms with Crippen LogP contribution in [0.4, 0.5) is 0 Å². The van der Waals surface area contributed by atoms with Crippen LogP contribution in [-0.4, -0.2) is 33.8 Å². The Morgan fingerprint density at radius 2 is 1.70 bits per heavy atom. The van der Waals surface area contributed by atoms with Crippen LogP contribution >= 0.6 is 0 Å². The number of pyridine rings is 1. The van der Waals surface area contributed by atoms with E-state index in [0.29, 0.717) is 31.4 Å². The van der Waals surface area contributed by atoms with Gasteiger partial charge in [-0.2, -0.15) is 5.10 Å². The summed E-state index contributed by atoms with van der Waals surface area (Å²) in [6.07, 6.45) is 4.69. The van der Waals surface area contributed by atoms with Crippen LogP contribution in [0.5, 0.6) is 5.75 Å². The maximum absolute atomic E-state index is 12.9. The van der Waals surface area contributed by atoms with Gasteiger partial charge >= 0.3 is 0 Å². The fourth-order valence-electron chi connectivity index (χ4n) is 3.69. The number of rotatable bonds is 9. The Labute approximate surface area is 192 Å². The number of amides is 1. The maximum atomic E-state index is 12.9. The number of nitrogens with zero attached hydrogens (tertiary/aromatic N) is 3. The van der Waals surface area contributed by atoms with E-state index in [-0.39, 0.29) is 18.0 Å². The molecule has 4 aromatic rings. The Hall–Kier alpha value is -4.00. The highest BCUT2D eigenvalue weighted by Gasteiger charge is 2.13. The van der Waals surface area contributed by atoms with E-state index in [1.165, 1.54) is 4.68 Å². The molecule has 1 N–H and O–H groups in total. The average Bonchev–Trinajstić information content (AvgIpc) is 2.84. The van der Waals surface area contributed by atoms with Crippen molar-refractivity contribution in [2.45, 2.75) is 26.3 Å². The number of fused-ring (bicyclic) bond motifs is 1. The molecule has 0 radical (unpaired) electrons. The summed E-state index contributed by atoms with van der Waals surface area (Å²) < 4.78 is 6.70. The molecule has 0 fully saturated rings. The second-order valence-corrected chi connectivity index (χ2v) is 7.66. The third-order valence-corrected chi connectivity index (χ3v) is 5.33. The first-order chi connectivity index (χ1) is 16.1. The number of ether oxygens (including phenoxy) is 1. The monoisotopic (exact) mass is 442 g/mol. The predicted octanol–water partition coefficient (Wildman–Crippen LogP) is 3.14. The van der Waals surface area contributed by atoms with Crippen molar-refractivity contribution in [3.63, 3.8) is 0 Å². The van der Waals surface area contributed by atoms with Crippen LogP contribution < -0.4 is 15.6 Å². The van der Waals surface area contributed by atoms with Crippen LogP contribution in [0.25, 0.3) is 10.8 Å². The topological polar surface area (TPSA) is 86.1 Å². The number of carbonyl (C=O) groups excluding carboxylic acids is 1. The van der Waals surface area contributed by atoms with Gasteiger partial charge in [0.15, 0.2) is 0 Å². The number of nitrogens with one attached hydrogen (secondary N) is 1. The molecule has 0 bridgehead atoms. The van der Waals surface area contributed by atoms with Gasteiger partial charge in [-0.25, -0.2) is 4.68 Å². The smallest absolute Gasteiger partial charge is 0.275 e. The molecule has 4 rings (SSSR count). The van der Waals surface area contributed by atoms with Crippen molar-refractivity contribution in [2.24, 2.45) is 0 Å². The van der Waals surface area contributed by atoms with Crippen molar-refractivity contribution < 1.29 is 9.53 Å². The molecule has 33 heavy (non-hydrogen) atoms. The summed E-state index contributed by atoms with van der Waals surface area (Å²) in [6.45, 7) is 2.92. The molecule has 2 heterocycles. The second kappa shape index (κ2) is 10.5. The first kappa shape index (κ1) is 22.2. The normalized spacial score (nSPS) is 10.8. The molecule has 0 unspecified atom stereocenters. The lowest BCUT2D eigenvalue weighted by molar-refractivity contribution is -0.121. The minimum atomic E-state index is -0.272. The van der Waals surface area contributed by atoms with Crippen molar-refractivity contribution in [1.82, 2.24) is 20.1 Å². The average molecular weight is 443 g/mol. The van der Waals surface area contributed by atoms with E-state index in [1.807, 2.05) is 61.5 Å². The van der Waals surface area contributed by atoms with Gasteiger partial charge in [-0.15, -0.1) is 0 Å². The van der Waals surface area contributed by atoms with E-state index in [2.05, 4.69) is 15.4 Å². The summed E-state index contributed by atoms with van der Waals surface area (Å²) in [4.78, 5) is 29.6. The summed E-state index contributed by atoms with van der Waals surface area (Å²) >= 11 is 0. The molecular weight excluding hydrogens is 416 g/mol. The lowest BCUT2D eigenvalue weighted by Crippen LogP contribution is -2.35. The Kier molecular flexibility index (Phi) is 7.09. The molecule has 0 atom stereocenters. The third kappa shape index (κ3) is 5.63. The van der Waals surface area contributed by atoms with Crippen LogP contribution in [0.2, 0.25) is 0 Å². The van der Waals surface area contributed by atoms with Crippen molar-refractivity contribution in [3.05, 3.63) is 100 Å². The van der Waals surface area contributed by atoms with Gasteiger partial charge in [-0.05, 0) is 54.8 Å². The van der Waals surface area contributed by atoms with Gasteiger partial charge in [0.05, 0.1) is 17.7 Å². The van der Waals surface area contributed by atoms with Crippen molar-refractivity contribution in [3.8, 4) is 5.75 Å². The molecule has 7 heteroatoms. The molecule has 1 amide bonds. The molecule has 0 saturated carbocycles. The molecule has 2 aromatic carbocycles. The van der Waals surface area contributed by atoms with E-state index in [9.17, 15) is 9.59 Å². The fourth-order valence-corrected chi connectivity index (χ4v) is 3.69. The zero-order valence-electron chi connectivity index (χ0n) is 18.5. The summed E-state index contributed by atoms with van der Waals surface area (Å²) in [5, 5.41) is 8.78. The predicted molar refractivity (Wildman–Crippen MR) is 127 cm³/mol. The van der Waals surface area contributed by atoms with Gasteiger partial charge in [0, 0.05) is 30.7 Å². The SMILES string of the molecule is CCOc1ccc(CCNC(=O)Cn2nc(Cc3ccncc3)c3ccccc3c2=O)cc1. The summed E-state index contributed by atoms with van der Waals surface area (Å²) in [5.74, 6) is 0.579. The molecule has 0 spiro atoms. The molecule has 0 aliphatic rings. The number of hydrogen-bond donors (Lipinski definition) is 1. The quantitative estimate of drug-likeness (QED) is 0.430. The molecule has 0 aliphatic carbocycles. The number of carbonyl (C=O) groups is 1. The van der Waals surface area contributed by atoms with Gasteiger partial charge in [-0.1, -0.05) is 30.3 Å². The Morgan fingerprint density at radius 1 is 0.970 bits per heavy atom. The van der Waals surface area contributed by atoms with Gasteiger partial charge < -0.3 is 10.1 Å². The second-order valence-electron chi connectivity index (χ2n) is 7.66. The van der Waals surface area contributed by atoms with Crippen LogP contribution in [0, 0.1) is 0 Å². The first-order valence-electron chi connectivity index (χ1n) is 11.0. The number of benzene rings is 2. The van der Waals surface area contributed by atoms with Gasteiger partial charge in [-0.3, -0.25) is 14.6 Å². The van der Waals surface area contributed by atoms with Gasteiger partial charge in [0.1, 0.15) is 12.3 Å². The van der Waals surface area contributed by atoms with E-state index < -0.39 is 0 Å². The highest BCUT2D eigenvalue weighted by atomic mass is 16.5. The molecule has 2 aromatic heterocycles. The van der Waals surface area contributed by atoms with E-state index in [1.54, 1.807) is 18.5 Å². The van der Waals surface area contributed by atoms with Crippen LogP contribution in [0.3, 0.4) is 0 Å². The third-order valence-electron chi connectivity index (χ3n) is 5.33. The zero-order chi connectivity index (χ0) is 23.0. The Balaban J connectivity index is 1.45. The number of aromatic nitrogens is 3. The van der Waals surface area contributed by atoms with Gasteiger partial charge in [0.25, 0.3) is 5.56 Å². The van der Waals surface area contributed by atoms with Crippen LogP contribution in [0.15, 0.2) is 77.9 Å². The molecule has 0 saturated heterocycles. The lowest BCUT2D eigenvalue weighted by Gasteiger charge is -2.12. The maximum Gasteiger partial charge on any atom is 0.275 e. The number of hydrogen-bond acceptors (Lipinski definition) is 5. The van der Waals surface area contributed by atoms with E-state index >= 15 is 0 Å². The lowest BCUT2D eigenvalue weighted by atomic mass is 10.1.